The van der Waals surface area contributed by atoms with Gasteiger partial charge in [-0.2, -0.15) is 13.5 Å². The molecular formula is C18H17N3O7S2. The van der Waals surface area contributed by atoms with Gasteiger partial charge in [0.1, 0.15) is 10.6 Å². The van der Waals surface area contributed by atoms with Gasteiger partial charge in [-0.1, -0.05) is 23.2 Å². The van der Waals surface area contributed by atoms with E-state index in [1.165, 1.54) is 19.2 Å². The number of benzene rings is 3. The van der Waals surface area contributed by atoms with Gasteiger partial charge in [-0.3, -0.25) is 4.18 Å². The average Bonchev–Trinajstić information content (AvgIpc) is 2.73. The predicted octanol–water partition coefficient (Wildman–Crippen LogP) is 4.39. The molecule has 0 aliphatic rings. The van der Waals surface area contributed by atoms with E-state index in [0.717, 1.165) is 19.2 Å². The van der Waals surface area contributed by atoms with Crippen molar-refractivity contribution >= 4 is 50.0 Å². The second-order valence-corrected chi connectivity index (χ2v) is 8.18. The largest absolute Gasteiger partial charge is 0.505 e. The Morgan fingerprint density at radius 3 is 2.47 bits per heavy atom. The maximum Gasteiger partial charge on any atom is 0.299 e. The number of phenolic OH excluding ortho intramolecular Hbond substituents is 1. The molecule has 0 fully saturated rings. The molecule has 3 N–H and O–H groups in total. The van der Waals surface area contributed by atoms with Gasteiger partial charge < -0.3 is 10.8 Å². The van der Waals surface area contributed by atoms with Crippen LogP contribution in [0.4, 0.5) is 17.1 Å². The third-order valence-corrected chi connectivity index (χ3v) is 5.73. The zero-order chi connectivity index (χ0) is 21.7. The highest BCUT2D eigenvalue weighted by Crippen LogP contribution is 2.45. The minimum Gasteiger partial charge on any atom is -0.505 e. The van der Waals surface area contributed by atoms with Crippen molar-refractivity contribution in [3.05, 3.63) is 48.5 Å². The van der Waals surface area contributed by atoms with Crippen LogP contribution in [-0.4, -0.2) is 27.7 Å². The third-order valence-electron chi connectivity index (χ3n) is 3.89. The second kappa shape index (κ2) is 9.38. The van der Waals surface area contributed by atoms with Crippen LogP contribution in [0, 0.1) is 0 Å². The number of anilines is 1. The summed E-state index contributed by atoms with van der Waals surface area (Å²) in [5.41, 5.74) is 6.41. The molecule has 0 aliphatic heterocycles. The van der Waals surface area contributed by atoms with E-state index in [2.05, 4.69) is 24.3 Å². The van der Waals surface area contributed by atoms with Crippen LogP contribution in [0.5, 0.6) is 5.75 Å². The molecule has 3 aromatic carbocycles. The number of nitrogens with zero attached hydrogens (tertiary/aromatic N) is 2. The highest BCUT2D eigenvalue weighted by Gasteiger charge is 2.25. The summed E-state index contributed by atoms with van der Waals surface area (Å²) in [6.45, 7) is 0. The lowest BCUT2D eigenvalue weighted by atomic mass is 10.1. The van der Waals surface area contributed by atoms with Crippen LogP contribution in [0.3, 0.4) is 0 Å². The lowest BCUT2D eigenvalue weighted by Gasteiger charge is -2.13. The van der Waals surface area contributed by atoms with Crippen LogP contribution in [0.2, 0.25) is 0 Å². The first-order valence-corrected chi connectivity index (χ1v) is 10.4. The van der Waals surface area contributed by atoms with E-state index >= 15 is 0 Å². The quantitative estimate of drug-likeness (QED) is 0.0969. The molecule has 0 aliphatic carbocycles. The molecule has 0 saturated heterocycles. The number of hydrogen-bond acceptors (Lipinski definition) is 11. The second-order valence-electron chi connectivity index (χ2n) is 5.72. The Balaban J connectivity index is 2.20. The Morgan fingerprint density at radius 1 is 1.07 bits per heavy atom. The smallest absolute Gasteiger partial charge is 0.299 e. The van der Waals surface area contributed by atoms with E-state index < -0.39 is 15.9 Å². The molecule has 0 aromatic heterocycles. The normalized spacial score (nSPS) is 12.1. The first kappa shape index (κ1) is 22.0. The number of nitrogens with two attached hydrogens (primary N) is 1. The summed E-state index contributed by atoms with van der Waals surface area (Å²) in [6, 6.07) is 13.0. The standard InChI is InChI=1S/C18H17N3O7S2/c1-25-27-28-29-13-8-11-9-15(30(23,24)26-2)17(18(22)16(11)14(19)10-13)21-20-12-6-4-3-5-7-12/h3-10,22H,19H2,1-2H3. The van der Waals surface area contributed by atoms with Crippen LogP contribution >= 0.6 is 12.0 Å². The number of hydrogen-bond donors (Lipinski definition) is 2. The minimum atomic E-state index is -4.23. The molecule has 0 radical (unpaired) electrons. The number of aromatic hydroxyl groups is 1. The summed E-state index contributed by atoms with van der Waals surface area (Å²) in [7, 11) is -1.96. The van der Waals surface area contributed by atoms with Crippen molar-refractivity contribution in [1.82, 2.24) is 0 Å². The number of fused-ring (bicyclic) bond motifs is 1. The molecule has 158 valence electrons. The van der Waals surface area contributed by atoms with E-state index in [1.807, 2.05) is 0 Å². The van der Waals surface area contributed by atoms with Gasteiger partial charge in [0.2, 0.25) is 0 Å². The molecular weight excluding hydrogens is 434 g/mol. The van der Waals surface area contributed by atoms with Crippen molar-refractivity contribution in [2.75, 3.05) is 20.0 Å². The first-order valence-electron chi connectivity index (χ1n) is 8.28. The molecule has 10 nitrogen and oxygen atoms in total. The van der Waals surface area contributed by atoms with Crippen molar-refractivity contribution in [3.63, 3.8) is 0 Å². The minimum absolute atomic E-state index is 0.158. The maximum absolute atomic E-state index is 12.5. The van der Waals surface area contributed by atoms with Gasteiger partial charge >= 0.3 is 0 Å². The van der Waals surface area contributed by atoms with Gasteiger partial charge in [-0.15, -0.1) is 9.45 Å². The summed E-state index contributed by atoms with van der Waals surface area (Å²) >= 11 is 0.779. The van der Waals surface area contributed by atoms with Crippen LogP contribution < -0.4 is 5.73 Å². The molecule has 0 spiro atoms. The molecule has 3 aromatic rings. The zero-order valence-corrected chi connectivity index (χ0v) is 17.4. The molecule has 0 bridgehead atoms. The summed E-state index contributed by atoms with van der Waals surface area (Å²) in [5, 5.41) is 23.6. The highest BCUT2D eigenvalue weighted by atomic mass is 32.2. The Labute approximate surface area is 176 Å². The highest BCUT2D eigenvalue weighted by molar-refractivity contribution is 7.94. The van der Waals surface area contributed by atoms with E-state index in [4.69, 9.17) is 10.1 Å². The lowest BCUT2D eigenvalue weighted by molar-refractivity contribution is -0.447. The number of azo groups is 1. The predicted molar refractivity (Wildman–Crippen MR) is 110 cm³/mol. The van der Waals surface area contributed by atoms with E-state index in [-0.39, 0.29) is 21.7 Å². The number of nitrogen functional groups attached to an aromatic ring is 1. The van der Waals surface area contributed by atoms with Crippen molar-refractivity contribution in [1.29, 1.82) is 0 Å². The van der Waals surface area contributed by atoms with Crippen LogP contribution in [0.15, 0.2) is 68.6 Å². The molecule has 12 heteroatoms. The van der Waals surface area contributed by atoms with Gasteiger partial charge in [0, 0.05) is 16.0 Å². The van der Waals surface area contributed by atoms with Crippen molar-refractivity contribution in [2.45, 2.75) is 9.79 Å². The topological polar surface area (TPSA) is 142 Å². The molecule has 30 heavy (non-hydrogen) atoms. The van der Waals surface area contributed by atoms with Gasteiger partial charge in [-0.25, -0.2) is 4.89 Å². The zero-order valence-electron chi connectivity index (χ0n) is 15.8. The molecule has 0 unspecified atom stereocenters. The molecule has 0 heterocycles. The fraction of sp³-hybridized carbons (Fsp3) is 0.111. The third kappa shape index (κ3) is 4.70. The summed E-state index contributed by atoms with van der Waals surface area (Å²) in [6.07, 6.45) is 0. The van der Waals surface area contributed by atoms with Crippen molar-refractivity contribution < 1.29 is 32.0 Å². The number of rotatable bonds is 8. The van der Waals surface area contributed by atoms with Crippen LogP contribution in [0.1, 0.15) is 0 Å². The fourth-order valence-corrected chi connectivity index (χ4v) is 3.94. The van der Waals surface area contributed by atoms with Gasteiger partial charge in [-0.05, 0) is 35.7 Å². The van der Waals surface area contributed by atoms with Gasteiger partial charge in [0.25, 0.3) is 10.1 Å². The van der Waals surface area contributed by atoms with E-state index in [9.17, 15) is 13.5 Å². The van der Waals surface area contributed by atoms with Crippen molar-refractivity contribution in [2.24, 2.45) is 10.2 Å². The SMILES string of the molecule is COOOSc1cc(N)c2c(O)c(N=Nc3ccccc3)c(S(=O)(=O)OC)cc2c1. The van der Waals surface area contributed by atoms with Crippen LogP contribution in [0.25, 0.3) is 10.8 Å². The summed E-state index contributed by atoms with van der Waals surface area (Å²) < 4.78 is 34.3. The van der Waals surface area contributed by atoms with E-state index in [1.54, 1.807) is 36.4 Å². The Hall–Kier alpha value is -2.74. The molecule has 0 saturated carbocycles. The summed E-state index contributed by atoms with van der Waals surface area (Å²) in [4.78, 5) is 4.42. The molecule has 0 amide bonds. The maximum atomic E-state index is 12.5. The van der Waals surface area contributed by atoms with Crippen LogP contribution in [-0.2, 0) is 28.6 Å². The van der Waals surface area contributed by atoms with Gasteiger partial charge in [0.05, 0.1) is 31.9 Å². The van der Waals surface area contributed by atoms with E-state index in [0.29, 0.717) is 16.0 Å². The Kier molecular flexibility index (Phi) is 6.87. The first-order chi connectivity index (χ1) is 14.4. The molecule has 0 atom stereocenters. The van der Waals surface area contributed by atoms with Crippen molar-refractivity contribution in [3.8, 4) is 5.75 Å². The Morgan fingerprint density at radius 2 is 1.80 bits per heavy atom. The summed E-state index contributed by atoms with van der Waals surface area (Å²) in [5.74, 6) is -0.453. The monoisotopic (exact) mass is 451 g/mol. The fourth-order valence-electron chi connectivity index (χ4n) is 2.60. The Bertz CT molecular complexity index is 1190. The average molecular weight is 451 g/mol. The lowest BCUT2D eigenvalue weighted by Crippen LogP contribution is -2.04. The van der Waals surface area contributed by atoms with Gasteiger partial charge in [0.15, 0.2) is 5.75 Å². The number of phenols is 1. The molecule has 3 rings (SSSR count).